The minimum atomic E-state index is -0.146. The third-order valence-electron chi connectivity index (χ3n) is 6.67. The summed E-state index contributed by atoms with van der Waals surface area (Å²) in [6, 6.07) is 0. The predicted octanol–water partition coefficient (Wildman–Crippen LogP) is 3.11. The second-order valence-corrected chi connectivity index (χ2v) is 7.35. The van der Waals surface area contributed by atoms with Crippen LogP contribution in [0.3, 0.4) is 0 Å². The van der Waals surface area contributed by atoms with Crippen molar-refractivity contribution >= 4 is 0 Å². The minimum Gasteiger partial charge on any atom is -0.343 e. The molecule has 6 unspecified atom stereocenters. The zero-order valence-corrected chi connectivity index (χ0v) is 10.7. The molecule has 2 nitrogen and oxygen atoms in total. The van der Waals surface area contributed by atoms with Gasteiger partial charge in [-0.1, -0.05) is 19.8 Å². The first-order chi connectivity index (χ1) is 8.25. The highest BCUT2D eigenvalue weighted by Crippen LogP contribution is 2.82. The topological polar surface area (TPSA) is 18.5 Å². The van der Waals surface area contributed by atoms with E-state index < -0.39 is 0 Å². The highest BCUT2D eigenvalue weighted by Gasteiger charge is 2.80. The van der Waals surface area contributed by atoms with Crippen LogP contribution in [0.25, 0.3) is 0 Å². The van der Waals surface area contributed by atoms with Gasteiger partial charge in [0, 0.05) is 11.8 Å². The van der Waals surface area contributed by atoms with Gasteiger partial charge in [-0.25, -0.2) is 0 Å². The van der Waals surface area contributed by atoms with E-state index in [1.165, 1.54) is 44.9 Å². The zero-order valence-electron chi connectivity index (χ0n) is 10.7. The van der Waals surface area contributed by atoms with E-state index in [9.17, 15) is 0 Å². The van der Waals surface area contributed by atoms with E-state index in [1.807, 2.05) is 0 Å². The van der Waals surface area contributed by atoms with Crippen LogP contribution in [0.2, 0.25) is 0 Å². The molecule has 0 aromatic rings. The summed E-state index contributed by atoms with van der Waals surface area (Å²) in [5, 5.41) is 0. The van der Waals surface area contributed by atoms with Gasteiger partial charge in [0.2, 0.25) is 0 Å². The molecule has 0 radical (unpaired) electrons. The van der Waals surface area contributed by atoms with Crippen LogP contribution in [-0.2, 0) is 9.47 Å². The quantitative estimate of drug-likeness (QED) is 0.641. The first-order valence-corrected chi connectivity index (χ1v) is 7.60. The van der Waals surface area contributed by atoms with Crippen molar-refractivity contribution in [2.75, 3.05) is 0 Å². The van der Waals surface area contributed by atoms with Crippen molar-refractivity contribution < 1.29 is 9.47 Å². The molecular weight excluding hydrogens is 212 g/mol. The Morgan fingerprint density at radius 1 is 1.00 bits per heavy atom. The molecule has 1 aliphatic heterocycles. The molecule has 4 aliphatic carbocycles. The van der Waals surface area contributed by atoms with Crippen LogP contribution in [0.5, 0.6) is 0 Å². The van der Waals surface area contributed by atoms with Gasteiger partial charge in [0.05, 0.1) is 12.2 Å². The van der Waals surface area contributed by atoms with Crippen molar-refractivity contribution in [3.8, 4) is 0 Å². The van der Waals surface area contributed by atoms with E-state index in [1.54, 1.807) is 0 Å². The van der Waals surface area contributed by atoms with E-state index in [0.29, 0.717) is 23.5 Å². The molecular formula is C15H22O2. The molecule has 6 atom stereocenters. The number of fused-ring (bicyclic) bond motifs is 2. The van der Waals surface area contributed by atoms with Gasteiger partial charge in [-0.15, -0.1) is 0 Å². The summed E-state index contributed by atoms with van der Waals surface area (Å²) in [5.41, 5.74) is 0.687. The molecule has 17 heavy (non-hydrogen) atoms. The van der Waals surface area contributed by atoms with Crippen molar-refractivity contribution in [1.29, 1.82) is 0 Å². The van der Waals surface area contributed by atoms with Crippen LogP contribution >= 0.6 is 0 Å². The number of ether oxygens (including phenoxy) is 2. The molecule has 1 heterocycles. The molecule has 0 N–H and O–H groups in total. The third-order valence-corrected chi connectivity index (χ3v) is 6.67. The Labute approximate surface area is 103 Å². The molecule has 94 valence electrons. The monoisotopic (exact) mass is 234 g/mol. The molecule has 0 amide bonds. The Morgan fingerprint density at radius 3 is 2.24 bits per heavy atom. The lowest BCUT2D eigenvalue weighted by atomic mass is 9.73. The van der Waals surface area contributed by atoms with Crippen LogP contribution in [0.15, 0.2) is 0 Å². The Balaban J connectivity index is 1.50. The minimum absolute atomic E-state index is 0.146. The van der Waals surface area contributed by atoms with E-state index in [2.05, 4.69) is 6.92 Å². The fraction of sp³-hybridized carbons (Fsp3) is 1.00. The van der Waals surface area contributed by atoms with Crippen molar-refractivity contribution in [3.05, 3.63) is 0 Å². The van der Waals surface area contributed by atoms with Gasteiger partial charge < -0.3 is 9.47 Å². The second-order valence-electron chi connectivity index (χ2n) is 7.35. The first kappa shape index (κ1) is 9.80. The molecule has 2 spiro atoms. The Morgan fingerprint density at radius 2 is 1.71 bits per heavy atom. The summed E-state index contributed by atoms with van der Waals surface area (Å²) in [7, 11) is 0. The van der Waals surface area contributed by atoms with Crippen LogP contribution in [0.1, 0.15) is 51.9 Å². The lowest BCUT2D eigenvalue weighted by Gasteiger charge is -2.40. The molecule has 1 saturated heterocycles. The van der Waals surface area contributed by atoms with Gasteiger partial charge in [0.25, 0.3) is 0 Å². The molecule has 5 rings (SSSR count). The van der Waals surface area contributed by atoms with Gasteiger partial charge in [-0.2, -0.15) is 0 Å². The second kappa shape index (κ2) is 2.75. The number of hydrogen-bond donors (Lipinski definition) is 0. The maximum Gasteiger partial charge on any atom is 0.175 e. The summed E-state index contributed by atoms with van der Waals surface area (Å²) < 4.78 is 13.1. The van der Waals surface area contributed by atoms with Crippen LogP contribution in [-0.4, -0.2) is 18.0 Å². The summed E-state index contributed by atoms with van der Waals surface area (Å²) in [5.74, 6) is 2.28. The van der Waals surface area contributed by atoms with E-state index in [0.717, 1.165) is 11.8 Å². The Hall–Kier alpha value is -0.0800. The van der Waals surface area contributed by atoms with Crippen molar-refractivity contribution in [3.63, 3.8) is 0 Å². The number of rotatable bonds is 0. The van der Waals surface area contributed by atoms with E-state index in [-0.39, 0.29) is 5.79 Å². The zero-order chi connectivity index (χ0) is 11.3. The lowest BCUT2D eigenvalue weighted by Crippen LogP contribution is -2.45. The molecule has 4 saturated carbocycles. The standard InChI is InChI=1S/C15H22O2/c1-9-7-14-8-10(14)6-13(14)15(9)16-11-4-2-3-5-12(11)17-15/h9-13H,2-8H2,1H3. The number of hydrogen-bond acceptors (Lipinski definition) is 2. The molecule has 2 heteroatoms. The molecule has 5 fully saturated rings. The van der Waals surface area contributed by atoms with Crippen LogP contribution in [0.4, 0.5) is 0 Å². The van der Waals surface area contributed by atoms with E-state index >= 15 is 0 Å². The van der Waals surface area contributed by atoms with E-state index in [4.69, 9.17) is 9.47 Å². The third kappa shape index (κ3) is 0.952. The highest BCUT2D eigenvalue weighted by atomic mass is 16.8. The largest absolute Gasteiger partial charge is 0.343 e. The van der Waals surface area contributed by atoms with Crippen molar-refractivity contribution in [2.45, 2.75) is 69.9 Å². The molecule has 0 aromatic heterocycles. The van der Waals surface area contributed by atoms with Gasteiger partial charge in [-0.05, 0) is 43.4 Å². The maximum atomic E-state index is 6.53. The van der Waals surface area contributed by atoms with Gasteiger partial charge in [0.1, 0.15) is 0 Å². The SMILES string of the molecule is CC1CC23CC2CC3C12OC1CCCCC1O2. The summed E-state index contributed by atoms with van der Waals surface area (Å²) in [6.07, 6.45) is 10.3. The van der Waals surface area contributed by atoms with Gasteiger partial charge >= 0.3 is 0 Å². The molecule has 0 aromatic carbocycles. The average Bonchev–Trinajstić information content (AvgIpc) is 2.69. The fourth-order valence-corrected chi connectivity index (χ4v) is 5.75. The van der Waals surface area contributed by atoms with Gasteiger partial charge in [0.15, 0.2) is 5.79 Å². The summed E-state index contributed by atoms with van der Waals surface area (Å²) in [4.78, 5) is 0. The normalized spacial score (nSPS) is 67.2. The maximum absolute atomic E-state index is 6.53. The molecule has 5 aliphatic rings. The lowest BCUT2D eigenvalue weighted by molar-refractivity contribution is -0.237. The first-order valence-electron chi connectivity index (χ1n) is 7.60. The van der Waals surface area contributed by atoms with Crippen LogP contribution < -0.4 is 0 Å². The summed E-state index contributed by atoms with van der Waals surface area (Å²) in [6.45, 7) is 2.37. The van der Waals surface area contributed by atoms with Crippen LogP contribution in [0, 0.1) is 23.2 Å². The average molecular weight is 234 g/mol. The Bertz CT molecular complexity index is 365. The predicted molar refractivity (Wildman–Crippen MR) is 63.4 cm³/mol. The Kier molecular flexibility index (Phi) is 1.58. The van der Waals surface area contributed by atoms with Crippen molar-refractivity contribution in [1.82, 2.24) is 0 Å². The summed E-state index contributed by atoms with van der Waals surface area (Å²) >= 11 is 0. The van der Waals surface area contributed by atoms with Crippen molar-refractivity contribution in [2.24, 2.45) is 23.2 Å². The highest BCUT2D eigenvalue weighted by molar-refractivity contribution is 5.25. The fourth-order valence-electron chi connectivity index (χ4n) is 5.75. The smallest absolute Gasteiger partial charge is 0.175 e. The van der Waals surface area contributed by atoms with Gasteiger partial charge in [-0.3, -0.25) is 0 Å². The molecule has 0 bridgehead atoms.